The van der Waals surface area contributed by atoms with Crippen molar-refractivity contribution in [1.29, 1.82) is 0 Å². The van der Waals surface area contributed by atoms with Crippen molar-refractivity contribution in [3.63, 3.8) is 0 Å². The molecule has 0 unspecified atom stereocenters. The second kappa shape index (κ2) is 10.0. The minimum Gasteiger partial charge on any atom is -0.444 e. The van der Waals surface area contributed by atoms with Crippen molar-refractivity contribution in [3.05, 3.63) is 0 Å². The van der Waals surface area contributed by atoms with Gasteiger partial charge < -0.3 is 15.4 Å². The highest BCUT2D eigenvalue weighted by molar-refractivity contribution is 5.67. The van der Waals surface area contributed by atoms with Gasteiger partial charge >= 0.3 is 6.09 Å². The van der Waals surface area contributed by atoms with Crippen LogP contribution in [0.4, 0.5) is 4.79 Å². The predicted molar refractivity (Wildman–Crippen MR) is 89.6 cm³/mol. The number of amides is 1. The van der Waals surface area contributed by atoms with Crippen LogP contribution in [-0.4, -0.2) is 31.3 Å². The molecule has 0 fully saturated rings. The van der Waals surface area contributed by atoms with E-state index in [1.54, 1.807) is 0 Å². The van der Waals surface area contributed by atoms with Crippen LogP contribution >= 0.6 is 0 Å². The first-order valence-corrected chi connectivity index (χ1v) is 8.34. The van der Waals surface area contributed by atoms with Crippen molar-refractivity contribution in [1.82, 2.24) is 10.6 Å². The zero-order chi connectivity index (χ0) is 16.4. The lowest BCUT2D eigenvalue weighted by Crippen LogP contribution is -2.35. The van der Waals surface area contributed by atoms with E-state index in [1.165, 1.54) is 25.7 Å². The monoisotopic (exact) mass is 300 g/mol. The van der Waals surface area contributed by atoms with E-state index in [4.69, 9.17) is 4.74 Å². The van der Waals surface area contributed by atoms with Crippen LogP contribution in [-0.2, 0) is 4.74 Å². The molecule has 0 atom stereocenters. The summed E-state index contributed by atoms with van der Waals surface area (Å²) in [4.78, 5) is 11.4. The van der Waals surface area contributed by atoms with Crippen molar-refractivity contribution in [2.45, 2.75) is 79.2 Å². The molecular weight excluding hydrogens is 264 g/mol. The highest BCUT2D eigenvalue weighted by atomic mass is 16.6. The minimum absolute atomic E-state index is 0.331. The molecule has 0 rings (SSSR count). The summed E-state index contributed by atoms with van der Waals surface area (Å²) in [5, 5.41) is 6.26. The summed E-state index contributed by atoms with van der Waals surface area (Å²) < 4.78 is 5.18. The molecule has 1 amide bonds. The van der Waals surface area contributed by atoms with Gasteiger partial charge in [0.15, 0.2) is 0 Å². The van der Waals surface area contributed by atoms with Crippen LogP contribution in [0, 0.1) is 5.41 Å². The third-order valence-electron chi connectivity index (χ3n) is 3.26. The van der Waals surface area contributed by atoms with Crippen molar-refractivity contribution < 1.29 is 9.53 Å². The Bertz CT molecular complexity index is 283. The molecule has 0 saturated heterocycles. The third kappa shape index (κ3) is 13.9. The molecule has 0 aromatic carbocycles. The molecule has 0 aromatic rings. The van der Waals surface area contributed by atoms with Gasteiger partial charge in [-0.05, 0) is 45.6 Å². The summed E-state index contributed by atoms with van der Waals surface area (Å²) in [6, 6.07) is 0. The third-order valence-corrected chi connectivity index (χ3v) is 3.26. The Hall–Kier alpha value is -0.770. The predicted octanol–water partition coefficient (Wildman–Crippen LogP) is 4.10. The van der Waals surface area contributed by atoms with Crippen molar-refractivity contribution in [2.75, 3.05) is 19.6 Å². The Labute approximate surface area is 131 Å². The van der Waals surface area contributed by atoms with Gasteiger partial charge in [-0.25, -0.2) is 4.79 Å². The lowest BCUT2D eigenvalue weighted by atomic mass is 9.87. The summed E-state index contributed by atoms with van der Waals surface area (Å²) in [7, 11) is 0. The van der Waals surface area contributed by atoms with Gasteiger partial charge in [-0.15, -0.1) is 0 Å². The van der Waals surface area contributed by atoms with E-state index >= 15 is 0 Å². The largest absolute Gasteiger partial charge is 0.444 e. The molecule has 0 heterocycles. The van der Waals surface area contributed by atoms with Crippen LogP contribution in [0.15, 0.2) is 0 Å². The average Bonchev–Trinajstić information content (AvgIpc) is 2.31. The Kier molecular flexibility index (Phi) is 9.67. The van der Waals surface area contributed by atoms with E-state index in [0.29, 0.717) is 12.0 Å². The number of hydrogen-bond donors (Lipinski definition) is 2. The average molecular weight is 300 g/mol. The van der Waals surface area contributed by atoms with Gasteiger partial charge in [-0.2, -0.15) is 0 Å². The number of alkyl carbamates (subject to hydrolysis) is 1. The van der Waals surface area contributed by atoms with Gasteiger partial charge in [0.2, 0.25) is 0 Å². The van der Waals surface area contributed by atoms with Gasteiger partial charge in [0.1, 0.15) is 5.60 Å². The highest BCUT2D eigenvalue weighted by Crippen LogP contribution is 2.22. The molecule has 0 spiro atoms. The van der Waals surface area contributed by atoms with Crippen LogP contribution < -0.4 is 10.6 Å². The van der Waals surface area contributed by atoms with Crippen LogP contribution in [0.25, 0.3) is 0 Å². The standard InChI is InChI=1S/C17H36N2O2/c1-7-8-9-11-17(5,6)14-18-12-10-13-19-15(20)21-16(2,3)4/h18H,7-14H2,1-6H3,(H,19,20). The van der Waals surface area contributed by atoms with Crippen molar-refractivity contribution in [2.24, 2.45) is 5.41 Å². The zero-order valence-electron chi connectivity index (χ0n) is 15.0. The molecule has 2 N–H and O–H groups in total. The van der Waals surface area contributed by atoms with E-state index in [1.807, 2.05) is 20.8 Å². The smallest absolute Gasteiger partial charge is 0.407 e. The van der Waals surface area contributed by atoms with Crippen molar-refractivity contribution >= 4 is 6.09 Å². The fourth-order valence-electron chi connectivity index (χ4n) is 2.09. The van der Waals surface area contributed by atoms with Crippen molar-refractivity contribution in [3.8, 4) is 0 Å². The van der Waals surface area contributed by atoms with Gasteiger partial charge in [-0.3, -0.25) is 0 Å². The number of rotatable bonds is 10. The quantitative estimate of drug-likeness (QED) is 0.597. The summed E-state index contributed by atoms with van der Waals surface area (Å²) >= 11 is 0. The molecule has 0 aliphatic rings. The second-order valence-electron chi connectivity index (χ2n) is 7.58. The summed E-state index contributed by atoms with van der Waals surface area (Å²) in [6.07, 6.45) is 5.77. The molecular formula is C17H36N2O2. The van der Waals surface area contributed by atoms with Gasteiger partial charge in [0.05, 0.1) is 0 Å². The maximum absolute atomic E-state index is 11.4. The number of carbonyl (C=O) groups excluding carboxylic acids is 1. The molecule has 4 nitrogen and oxygen atoms in total. The SMILES string of the molecule is CCCCCC(C)(C)CNCCCNC(=O)OC(C)(C)C. The molecule has 0 radical (unpaired) electrons. The van der Waals surface area contributed by atoms with Gasteiger partial charge in [0, 0.05) is 13.1 Å². The van der Waals surface area contributed by atoms with E-state index in [2.05, 4.69) is 31.4 Å². The number of carbonyl (C=O) groups is 1. The Morgan fingerprint density at radius 1 is 1.00 bits per heavy atom. The molecule has 0 aromatic heterocycles. The maximum Gasteiger partial charge on any atom is 0.407 e. The zero-order valence-corrected chi connectivity index (χ0v) is 15.0. The number of unbranched alkanes of at least 4 members (excludes halogenated alkanes) is 2. The lowest BCUT2D eigenvalue weighted by Gasteiger charge is -2.25. The number of nitrogens with one attached hydrogen (secondary N) is 2. The maximum atomic E-state index is 11.4. The summed E-state index contributed by atoms with van der Waals surface area (Å²) in [6.45, 7) is 15.1. The Morgan fingerprint density at radius 3 is 2.24 bits per heavy atom. The van der Waals surface area contributed by atoms with Gasteiger partial charge in [0.25, 0.3) is 0 Å². The molecule has 0 bridgehead atoms. The van der Waals surface area contributed by atoms with Crippen LogP contribution in [0.2, 0.25) is 0 Å². The molecule has 21 heavy (non-hydrogen) atoms. The number of hydrogen-bond acceptors (Lipinski definition) is 3. The Morgan fingerprint density at radius 2 is 1.67 bits per heavy atom. The van der Waals surface area contributed by atoms with E-state index in [-0.39, 0.29) is 6.09 Å². The fraction of sp³-hybridized carbons (Fsp3) is 0.941. The first-order valence-electron chi connectivity index (χ1n) is 8.34. The minimum atomic E-state index is -0.426. The molecule has 0 aliphatic heterocycles. The highest BCUT2D eigenvalue weighted by Gasteiger charge is 2.17. The van der Waals surface area contributed by atoms with Gasteiger partial charge in [-0.1, -0.05) is 40.0 Å². The van der Waals surface area contributed by atoms with E-state index in [0.717, 1.165) is 19.5 Å². The normalized spacial score (nSPS) is 12.3. The van der Waals surface area contributed by atoms with Crippen LogP contribution in [0.1, 0.15) is 73.6 Å². The number of ether oxygens (including phenoxy) is 1. The van der Waals surface area contributed by atoms with Crippen LogP contribution in [0.3, 0.4) is 0 Å². The first kappa shape index (κ1) is 20.2. The van der Waals surface area contributed by atoms with E-state index < -0.39 is 5.60 Å². The fourth-order valence-corrected chi connectivity index (χ4v) is 2.09. The second-order valence-corrected chi connectivity index (χ2v) is 7.58. The lowest BCUT2D eigenvalue weighted by molar-refractivity contribution is 0.0527. The molecule has 4 heteroatoms. The molecule has 0 aliphatic carbocycles. The Balaban J connectivity index is 3.57. The summed E-state index contributed by atoms with van der Waals surface area (Å²) in [5.41, 5.74) is -0.0708. The van der Waals surface area contributed by atoms with Crippen LogP contribution in [0.5, 0.6) is 0 Å². The summed E-state index contributed by atoms with van der Waals surface area (Å²) in [5.74, 6) is 0. The topological polar surface area (TPSA) is 50.4 Å². The molecule has 126 valence electrons. The molecule has 0 saturated carbocycles. The van der Waals surface area contributed by atoms with E-state index in [9.17, 15) is 4.79 Å². The first-order chi connectivity index (χ1) is 9.66.